The highest BCUT2D eigenvalue weighted by Crippen LogP contribution is 2.29. The SMILES string of the molecule is O=C1C=CC=C(c2ccco2)/C1=C/c1ccccc1. The van der Waals surface area contributed by atoms with Crippen LogP contribution < -0.4 is 0 Å². The molecule has 92 valence electrons. The van der Waals surface area contributed by atoms with Crippen LogP contribution in [-0.2, 0) is 4.79 Å². The minimum atomic E-state index is -0.00208. The maximum atomic E-state index is 12.1. The van der Waals surface area contributed by atoms with Crippen molar-refractivity contribution in [2.24, 2.45) is 0 Å². The predicted octanol–water partition coefficient (Wildman–Crippen LogP) is 3.89. The van der Waals surface area contributed by atoms with E-state index in [1.165, 1.54) is 0 Å². The summed E-state index contributed by atoms with van der Waals surface area (Å²) >= 11 is 0. The summed E-state index contributed by atoms with van der Waals surface area (Å²) in [6.45, 7) is 0. The number of carbonyl (C=O) groups excluding carboxylic acids is 1. The zero-order valence-electron chi connectivity index (χ0n) is 10.2. The average molecular weight is 248 g/mol. The van der Waals surface area contributed by atoms with E-state index in [2.05, 4.69) is 0 Å². The van der Waals surface area contributed by atoms with Gasteiger partial charge in [-0.3, -0.25) is 4.79 Å². The topological polar surface area (TPSA) is 30.2 Å². The van der Waals surface area contributed by atoms with Crippen LogP contribution in [0.1, 0.15) is 11.3 Å². The second-order valence-electron chi connectivity index (χ2n) is 4.25. The molecule has 1 aliphatic carbocycles. The van der Waals surface area contributed by atoms with Gasteiger partial charge in [-0.15, -0.1) is 0 Å². The van der Waals surface area contributed by atoms with Crippen molar-refractivity contribution in [2.75, 3.05) is 0 Å². The van der Waals surface area contributed by atoms with Gasteiger partial charge in [0, 0.05) is 11.1 Å². The molecular formula is C17H12O2. The first-order chi connectivity index (χ1) is 9.34. The lowest BCUT2D eigenvalue weighted by Crippen LogP contribution is -2.04. The third-order valence-electron chi connectivity index (χ3n) is 2.96. The molecule has 0 unspecified atom stereocenters. The van der Waals surface area contributed by atoms with Gasteiger partial charge in [0.1, 0.15) is 5.76 Å². The van der Waals surface area contributed by atoms with Crippen molar-refractivity contribution >= 4 is 17.4 Å². The van der Waals surface area contributed by atoms with Crippen molar-refractivity contribution in [3.8, 4) is 0 Å². The average Bonchev–Trinajstić information content (AvgIpc) is 2.96. The first-order valence-corrected chi connectivity index (χ1v) is 6.08. The largest absolute Gasteiger partial charge is 0.464 e. The Morgan fingerprint density at radius 3 is 2.58 bits per heavy atom. The van der Waals surface area contributed by atoms with Gasteiger partial charge in [-0.25, -0.2) is 0 Å². The van der Waals surface area contributed by atoms with E-state index in [0.717, 1.165) is 11.1 Å². The molecule has 2 heteroatoms. The van der Waals surface area contributed by atoms with Crippen molar-refractivity contribution in [3.63, 3.8) is 0 Å². The molecule has 0 atom stereocenters. The number of ketones is 1. The van der Waals surface area contributed by atoms with Crippen LogP contribution in [0.25, 0.3) is 11.6 Å². The summed E-state index contributed by atoms with van der Waals surface area (Å²) in [6, 6.07) is 13.5. The number of hydrogen-bond acceptors (Lipinski definition) is 2. The van der Waals surface area contributed by atoms with E-state index in [9.17, 15) is 4.79 Å². The number of rotatable bonds is 2. The number of allylic oxidation sites excluding steroid dienone is 5. The quantitative estimate of drug-likeness (QED) is 0.755. The molecule has 1 aliphatic rings. The van der Waals surface area contributed by atoms with E-state index in [4.69, 9.17) is 4.42 Å². The first-order valence-electron chi connectivity index (χ1n) is 6.08. The lowest BCUT2D eigenvalue weighted by Gasteiger charge is -2.10. The monoisotopic (exact) mass is 248 g/mol. The first kappa shape index (κ1) is 11.5. The van der Waals surface area contributed by atoms with Crippen LogP contribution in [0.15, 0.2) is 76.9 Å². The Morgan fingerprint density at radius 1 is 1.00 bits per heavy atom. The van der Waals surface area contributed by atoms with Gasteiger partial charge in [-0.1, -0.05) is 42.5 Å². The van der Waals surface area contributed by atoms with Gasteiger partial charge < -0.3 is 4.42 Å². The van der Waals surface area contributed by atoms with Crippen LogP contribution in [0, 0.1) is 0 Å². The molecule has 0 bridgehead atoms. The minimum Gasteiger partial charge on any atom is -0.464 e. The van der Waals surface area contributed by atoms with Gasteiger partial charge in [0.2, 0.25) is 0 Å². The van der Waals surface area contributed by atoms with Crippen molar-refractivity contribution < 1.29 is 9.21 Å². The molecule has 0 saturated heterocycles. The minimum absolute atomic E-state index is 0.00208. The smallest absolute Gasteiger partial charge is 0.186 e. The fraction of sp³-hybridized carbons (Fsp3) is 0. The molecule has 0 fully saturated rings. The van der Waals surface area contributed by atoms with Gasteiger partial charge in [-0.05, 0) is 29.8 Å². The van der Waals surface area contributed by atoms with E-state index < -0.39 is 0 Å². The van der Waals surface area contributed by atoms with Gasteiger partial charge in [0.15, 0.2) is 5.78 Å². The highest BCUT2D eigenvalue weighted by molar-refractivity contribution is 6.20. The third-order valence-corrected chi connectivity index (χ3v) is 2.96. The molecule has 0 saturated carbocycles. The Morgan fingerprint density at radius 2 is 1.84 bits per heavy atom. The third kappa shape index (κ3) is 2.33. The Balaban J connectivity index is 2.07. The van der Waals surface area contributed by atoms with Gasteiger partial charge in [-0.2, -0.15) is 0 Å². The predicted molar refractivity (Wildman–Crippen MR) is 75.3 cm³/mol. The Bertz CT molecular complexity index is 671. The fourth-order valence-corrected chi connectivity index (χ4v) is 2.06. The number of carbonyl (C=O) groups is 1. The van der Waals surface area contributed by atoms with Crippen LogP contribution in [-0.4, -0.2) is 5.78 Å². The van der Waals surface area contributed by atoms with Crippen LogP contribution in [0.3, 0.4) is 0 Å². The summed E-state index contributed by atoms with van der Waals surface area (Å²) in [7, 11) is 0. The van der Waals surface area contributed by atoms with Crippen molar-refractivity contribution in [2.45, 2.75) is 0 Å². The molecule has 2 nitrogen and oxygen atoms in total. The number of hydrogen-bond donors (Lipinski definition) is 0. The van der Waals surface area contributed by atoms with Crippen LogP contribution in [0.2, 0.25) is 0 Å². The van der Waals surface area contributed by atoms with Gasteiger partial charge >= 0.3 is 0 Å². The van der Waals surface area contributed by atoms with Crippen LogP contribution >= 0.6 is 0 Å². The molecule has 1 heterocycles. The lowest BCUT2D eigenvalue weighted by atomic mass is 9.93. The molecule has 0 spiro atoms. The van der Waals surface area contributed by atoms with E-state index in [-0.39, 0.29) is 5.78 Å². The molecule has 0 radical (unpaired) electrons. The normalized spacial score (nSPS) is 16.7. The molecule has 2 aromatic rings. The lowest BCUT2D eigenvalue weighted by molar-refractivity contribution is -0.110. The molecule has 0 N–H and O–H groups in total. The molecule has 0 amide bonds. The van der Waals surface area contributed by atoms with E-state index in [0.29, 0.717) is 11.3 Å². The maximum absolute atomic E-state index is 12.1. The Labute approximate surface area is 111 Å². The van der Waals surface area contributed by atoms with Crippen LogP contribution in [0.5, 0.6) is 0 Å². The summed E-state index contributed by atoms with van der Waals surface area (Å²) in [4.78, 5) is 12.1. The molecular weight excluding hydrogens is 236 g/mol. The summed E-state index contributed by atoms with van der Waals surface area (Å²) < 4.78 is 5.39. The second-order valence-corrected chi connectivity index (χ2v) is 4.25. The van der Waals surface area contributed by atoms with E-state index >= 15 is 0 Å². The second kappa shape index (κ2) is 4.94. The highest BCUT2D eigenvalue weighted by atomic mass is 16.3. The fourth-order valence-electron chi connectivity index (χ4n) is 2.06. The number of benzene rings is 1. The molecule has 1 aromatic carbocycles. The van der Waals surface area contributed by atoms with Gasteiger partial charge in [0.25, 0.3) is 0 Å². The molecule has 0 aliphatic heterocycles. The molecule has 3 rings (SSSR count). The van der Waals surface area contributed by atoms with Crippen molar-refractivity contribution in [1.29, 1.82) is 0 Å². The van der Waals surface area contributed by atoms with Crippen LogP contribution in [0.4, 0.5) is 0 Å². The van der Waals surface area contributed by atoms with Crippen molar-refractivity contribution in [3.05, 3.63) is 83.9 Å². The Kier molecular flexibility index (Phi) is 2.99. The summed E-state index contributed by atoms with van der Waals surface area (Å²) in [5.74, 6) is 0.706. The summed E-state index contributed by atoms with van der Waals surface area (Å²) in [6.07, 6.45) is 8.72. The Hall–Kier alpha value is -2.61. The highest BCUT2D eigenvalue weighted by Gasteiger charge is 2.18. The zero-order chi connectivity index (χ0) is 13.1. The van der Waals surface area contributed by atoms with E-state index in [1.807, 2.05) is 54.6 Å². The molecule has 19 heavy (non-hydrogen) atoms. The number of furan rings is 1. The summed E-state index contributed by atoms with van der Waals surface area (Å²) in [5.41, 5.74) is 2.48. The zero-order valence-corrected chi connectivity index (χ0v) is 10.2. The van der Waals surface area contributed by atoms with Gasteiger partial charge in [0.05, 0.1) is 6.26 Å². The van der Waals surface area contributed by atoms with Crippen molar-refractivity contribution in [1.82, 2.24) is 0 Å². The van der Waals surface area contributed by atoms with E-state index in [1.54, 1.807) is 18.4 Å². The summed E-state index contributed by atoms with van der Waals surface area (Å²) in [5, 5.41) is 0. The standard InChI is InChI=1S/C17H12O2/c18-16-9-4-8-14(17-10-5-11-19-17)15(16)12-13-6-2-1-3-7-13/h1-12H/b15-12-. The maximum Gasteiger partial charge on any atom is 0.186 e. The molecule has 1 aromatic heterocycles.